The third kappa shape index (κ3) is 3.06. The zero-order valence-corrected chi connectivity index (χ0v) is 10.4. The Morgan fingerprint density at radius 1 is 1.14 bits per heavy atom. The van der Waals surface area contributed by atoms with E-state index in [4.69, 9.17) is 58.0 Å². The second-order valence-electron chi connectivity index (χ2n) is 2.61. The number of hydrogen-bond acceptors (Lipinski definition) is 1. The van der Waals surface area contributed by atoms with Crippen molar-refractivity contribution < 1.29 is 5.11 Å². The first kappa shape index (κ1) is 12.7. The molecule has 1 atom stereocenters. The number of alkyl halides is 3. The SMILES string of the molecule is O[C@H](c1ccc(Cl)cc1Cl)C(Cl)(Cl)Cl. The number of hydrogen-bond donors (Lipinski definition) is 1. The first-order chi connectivity index (χ1) is 6.32. The van der Waals surface area contributed by atoms with Crippen molar-refractivity contribution in [1.29, 1.82) is 0 Å². The first-order valence-electron chi connectivity index (χ1n) is 3.52. The Bertz CT molecular complexity index is 333. The standard InChI is InChI=1S/C8H5Cl5O/c9-4-1-2-5(6(10)3-4)7(14)8(11,12)13/h1-3,7,14H/t7-/m1/s1. The van der Waals surface area contributed by atoms with Crippen molar-refractivity contribution in [2.75, 3.05) is 0 Å². The maximum absolute atomic E-state index is 9.61. The van der Waals surface area contributed by atoms with Crippen LogP contribution in [0.5, 0.6) is 0 Å². The van der Waals surface area contributed by atoms with Crippen molar-refractivity contribution in [3.05, 3.63) is 33.8 Å². The maximum Gasteiger partial charge on any atom is 0.220 e. The minimum atomic E-state index is -1.81. The zero-order chi connectivity index (χ0) is 10.9. The fraction of sp³-hybridized carbons (Fsp3) is 0.250. The van der Waals surface area contributed by atoms with Crippen LogP contribution in [0, 0.1) is 0 Å². The summed E-state index contributed by atoms with van der Waals surface area (Å²) in [6, 6.07) is 4.54. The van der Waals surface area contributed by atoms with Crippen LogP contribution in [0.2, 0.25) is 10.0 Å². The van der Waals surface area contributed by atoms with Crippen LogP contribution in [0.1, 0.15) is 11.7 Å². The van der Waals surface area contributed by atoms with E-state index in [1.165, 1.54) is 12.1 Å². The molecule has 0 radical (unpaired) electrons. The summed E-state index contributed by atoms with van der Waals surface area (Å²) in [6.45, 7) is 0. The van der Waals surface area contributed by atoms with Crippen LogP contribution in [0.25, 0.3) is 0 Å². The lowest BCUT2D eigenvalue weighted by atomic mass is 10.1. The molecule has 0 aromatic heterocycles. The van der Waals surface area contributed by atoms with E-state index in [-0.39, 0.29) is 5.02 Å². The molecule has 0 bridgehead atoms. The van der Waals surface area contributed by atoms with Crippen molar-refractivity contribution in [3.63, 3.8) is 0 Å². The van der Waals surface area contributed by atoms with Crippen LogP contribution in [0.15, 0.2) is 18.2 Å². The smallest absolute Gasteiger partial charge is 0.220 e. The first-order valence-corrected chi connectivity index (χ1v) is 5.41. The molecule has 6 heteroatoms. The summed E-state index contributed by atoms with van der Waals surface area (Å²) in [5.41, 5.74) is 0.330. The van der Waals surface area contributed by atoms with Crippen molar-refractivity contribution in [2.24, 2.45) is 0 Å². The van der Waals surface area contributed by atoms with Gasteiger partial charge in [0.2, 0.25) is 3.79 Å². The molecular formula is C8H5Cl5O. The lowest BCUT2D eigenvalue weighted by Crippen LogP contribution is -2.16. The molecule has 0 spiro atoms. The fourth-order valence-corrected chi connectivity index (χ4v) is 1.76. The summed E-state index contributed by atoms with van der Waals surface area (Å²) in [5.74, 6) is 0. The monoisotopic (exact) mass is 292 g/mol. The molecule has 0 aliphatic carbocycles. The largest absolute Gasteiger partial charge is 0.384 e. The molecule has 78 valence electrons. The van der Waals surface area contributed by atoms with E-state index in [2.05, 4.69) is 0 Å². The number of halogens is 5. The summed E-state index contributed by atoms with van der Waals surface area (Å²) >= 11 is 28.0. The van der Waals surface area contributed by atoms with Gasteiger partial charge in [0.25, 0.3) is 0 Å². The highest BCUT2D eigenvalue weighted by atomic mass is 35.6. The van der Waals surface area contributed by atoms with Gasteiger partial charge in [-0.3, -0.25) is 0 Å². The molecule has 0 unspecified atom stereocenters. The molecule has 1 N–H and O–H groups in total. The predicted octanol–water partition coefficient (Wildman–Crippen LogP) is 4.40. The van der Waals surface area contributed by atoms with Crippen LogP contribution in [0.4, 0.5) is 0 Å². The quantitative estimate of drug-likeness (QED) is 0.761. The average Bonchev–Trinajstić information content (AvgIpc) is 2.01. The Kier molecular flexibility index (Phi) is 4.22. The van der Waals surface area contributed by atoms with E-state index in [9.17, 15) is 5.11 Å². The van der Waals surface area contributed by atoms with Gasteiger partial charge in [0.05, 0.1) is 0 Å². The molecule has 0 aliphatic rings. The van der Waals surface area contributed by atoms with Crippen LogP contribution in [-0.4, -0.2) is 8.90 Å². The molecule has 1 rings (SSSR count). The molecule has 1 aromatic carbocycles. The van der Waals surface area contributed by atoms with Gasteiger partial charge in [-0.2, -0.15) is 0 Å². The molecule has 1 aromatic rings. The van der Waals surface area contributed by atoms with Gasteiger partial charge in [0.15, 0.2) is 0 Å². The number of aliphatic hydroxyl groups is 1. The number of benzene rings is 1. The Morgan fingerprint density at radius 3 is 2.14 bits per heavy atom. The lowest BCUT2D eigenvalue weighted by Gasteiger charge is -2.20. The van der Waals surface area contributed by atoms with Crippen molar-refractivity contribution in [2.45, 2.75) is 9.90 Å². The molecule has 0 aliphatic heterocycles. The summed E-state index contributed by atoms with van der Waals surface area (Å²) in [4.78, 5) is 0. The van der Waals surface area contributed by atoms with Gasteiger partial charge in [0.1, 0.15) is 6.10 Å². The maximum atomic E-state index is 9.61. The summed E-state index contributed by atoms with van der Waals surface area (Å²) < 4.78 is -1.81. The third-order valence-electron chi connectivity index (χ3n) is 1.57. The van der Waals surface area contributed by atoms with Gasteiger partial charge in [0, 0.05) is 15.6 Å². The molecule has 0 saturated heterocycles. The highest BCUT2D eigenvalue weighted by molar-refractivity contribution is 6.68. The van der Waals surface area contributed by atoms with Gasteiger partial charge in [-0.1, -0.05) is 64.1 Å². The summed E-state index contributed by atoms with van der Waals surface area (Å²) in [6.07, 6.45) is -1.28. The Labute approximate surface area is 106 Å². The van der Waals surface area contributed by atoms with E-state index in [0.29, 0.717) is 10.6 Å². The van der Waals surface area contributed by atoms with E-state index in [1.54, 1.807) is 6.07 Å². The topological polar surface area (TPSA) is 20.2 Å². The molecule has 0 saturated carbocycles. The predicted molar refractivity (Wildman–Crippen MR) is 61.7 cm³/mol. The second-order valence-corrected chi connectivity index (χ2v) is 5.82. The Hall–Kier alpha value is 0.630. The average molecular weight is 294 g/mol. The second kappa shape index (κ2) is 4.65. The van der Waals surface area contributed by atoms with E-state index < -0.39 is 9.90 Å². The van der Waals surface area contributed by atoms with Crippen molar-refractivity contribution >= 4 is 58.0 Å². The van der Waals surface area contributed by atoms with Gasteiger partial charge in [-0.05, 0) is 12.1 Å². The number of aliphatic hydroxyl groups excluding tert-OH is 1. The van der Waals surface area contributed by atoms with Gasteiger partial charge < -0.3 is 5.11 Å². The van der Waals surface area contributed by atoms with Crippen LogP contribution in [0.3, 0.4) is 0 Å². The van der Waals surface area contributed by atoms with Crippen LogP contribution >= 0.6 is 58.0 Å². The normalized spacial score (nSPS) is 14.1. The third-order valence-corrected chi connectivity index (χ3v) is 2.75. The highest BCUT2D eigenvalue weighted by Crippen LogP contribution is 2.42. The van der Waals surface area contributed by atoms with Gasteiger partial charge in [-0.15, -0.1) is 0 Å². The minimum Gasteiger partial charge on any atom is -0.384 e. The molecule has 0 amide bonds. The van der Waals surface area contributed by atoms with E-state index in [1.807, 2.05) is 0 Å². The molecule has 0 fully saturated rings. The van der Waals surface area contributed by atoms with Crippen molar-refractivity contribution in [1.82, 2.24) is 0 Å². The molecular weight excluding hydrogens is 289 g/mol. The van der Waals surface area contributed by atoms with Crippen LogP contribution < -0.4 is 0 Å². The minimum absolute atomic E-state index is 0.260. The molecule has 14 heavy (non-hydrogen) atoms. The van der Waals surface area contributed by atoms with Crippen LogP contribution in [-0.2, 0) is 0 Å². The lowest BCUT2D eigenvalue weighted by molar-refractivity contribution is 0.182. The molecule has 0 heterocycles. The fourth-order valence-electron chi connectivity index (χ4n) is 0.900. The summed E-state index contributed by atoms with van der Waals surface area (Å²) in [5, 5.41) is 10.3. The number of rotatable bonds is 1. The Morgan fingerprint density at radius 2 is 1.71 bits per heavy atom. The Balaban J connectivity index is 3.08. The summed E-state index contributed by atoms with van der Waals surface area (Å²) in [7, 11) is 0. The highest BCUT2D eigenvalue weighted by Gasteiger charge is 2.33. The zero-order valence-electron chi connectivity index (χ0n) is 6.65. The van der Waals surface area contributed by atoms with Gasteiger partial charge in [-0.25, -0.2) is 0 Å². The van der Waals surface area contributed by atoms with Crippen molar-refractivity contribution in [3.8, 4) is 0 Å². The molecule has 1 nitrogen and oxygen atoms in total. The van der Waals surface area contributed by atoms with E-state index in [0.717, 1.165) is 0 Å². The van der Waals surface area contributed by atoms with Gasteiger partial charge >= 0.3 is 0 Å². The van der Waals surface area contributed by atoms with E-state index >= 15 is 0 Å².